The van der Waals surface area contributed by atoms with Crippen LogP contribution in [0.1, 0.15) is 34.5 Å². The number of fused-ring (bicyclic) bond motifs is 10. The summed E-state index contributed by atoms with van der Waals surface area (Å²) in [6, 6.07) is 37.6. The molecule has 214 valence electrons. The van der Waals surface area contributed by atoms with E-state index >= 15 is 0 Å². The molecule has 0 saturated carbocycles. The third kappa shape index (κ3) is 3.66. The maximum atomic E-state index is 5.36. The molecule has 0 saturated heterocycles. The minimum Gasteiger partial charge on any atom is -0.309 e. The molecule has 0 aliphatic heterocycles. The van der Waals surface area contributed by atoms with Crippen LogP contribution in [0.4, 0.5) is 0 Å². The van der Waals surface area contributed by atoms with Gasteiger partial charge in [0.2, 0.25) is 0 Å². The highest BCUT2D eigenvalue weighted by Crippen LogP contribution is 2.43. The number of rotatable bonds is 3. The fourth-order valence-electron chi connectivity index (χ4n) is 7.70. The lowest BCUT2D eigenvalue weighted by atomic mass is 9.99. The molecule has 0 N–H and O–H groups in total. The summed E-state index contributed by atoms with van der Waals surface area (Å²) in [5.74, 6) is 0.979. The third-order valence-corrected chi connectivity index (χ3v) is 10.9. The lowest BCUT2D eigenvalue weighted by Gasteiger charge is -2.13. The van der Waals surface area contributed by atoms with Crippen LogP contribution in [0.25, 0.3) is 77.7 Å². The van der Waals surface area contributed by atoms with Gasteiger partial charge in [-0.1, -0.05) is 72.8 Å². The molecule has 0 spiro atoms. The highest BCUT2D eigenvalue weighted by Gasteiger charge is 2.24. The number of allylic oxidation sites excluding steroid dienone is 2. The number of thiophene rings is 1. The quantitative estimate of drug-likeness (QED) is 0.199. The molecule has 0 amide bonds. The molecule has 2 aliphatic rings. The number of hydrogen-bond acceptors (Lipinski definition) is 2. The van der Waals surface area contributed by atoms with Crippen molar-refractivity contribution >= 4 is 66.3 Å². The number of pyridine rings is 1. The summed E-state index contributed by atoms with van der Waals surface area (Å²) in [4.78, 5) is 6.87. The maximum absolute atomic E-state index is 5.36. The minimum absolute atomic E-state index is 0.979. The second kappa shape index (κ2) is 9.65. The molecule has 10 rings (SSSR count). The Hall–Kier alpha value is -5.19. The molecule has 0 bridgehead atoms. The summed E-state index contributed by atoms with van der Waals surface area (Å²) in [5, 5.41) is 5.26. The summed E-state index contributed by atoms with van der Waals surface area (Å²) in [6.45, 7) is 0. The number of aryl methyl sites for hydroxylation is 1. The molecule has 4 heteroatoms. The average molecular weight is 596 g/mol. The molecule has 4 heterocycles. The number of benzene rings is 4. The van der Waals surface area contributed by atoms with Crippen molar-refractivity contribution < 1.29 is 0 Å². The van der Waals surface area contributed by atoms with E-state index in [-0.39, 0.29) is 0 Å². The predicted molar refractivity (Wildman–Crippen MR) is 191 cm³/mol. The standard InChI is InChI=1S/C41H29N3S/c1-2-11-27(12-3-1)43-33-17-7-4-14-29(33)40-35(43)22-23-36-41(40)30-15-5-8-18-34(30)44(36)39-20-10-16-32(42-39)26-21-24-38-31(25-26)28-13-6-9-19-37(28)45-38/h1-7,10-17,20-25H,8-9,18-19H2. The molecule has 45 heavy (non-hydrogen) atoms. The van der Waals surface area contributed by atoms with E-state index < -0.39 is 0 Å². The van der Waals surface area contributed by atoms with E-state index in [0.29, 0.717) is 0 Å². The first-order valence-electron chi connectivity index (χ1n) is 15.8. The second-order valence-corrected chi connectivity index (χ2v) is 13.3. The van der Waals surface area contributed by atoms with Gasteiger partial charge in [0.15, 0.2) is 0 Å². The zero-order valence-electron chi connectivity index (χ0n) is 24.7. The van der Waals surface area contributed by atoms with Crippen LogP contribution in [-0.4, -0.2) is 14.1 Å². The summed E-state index contributed by atoms with van der Waals surface area (Å²) >= 11 is 1.94. The fourth-order valence-corrected chi connectivity index (χ4v) is 8.89. The Labute approximate surface area is 265 Å². The van der Waals surface area contributed by atoms with Gasteiger partial charge in [-0.2, -0.15) is 0 Å². The van der Waals surface area contributed by atoms with Gasteiger partial charge in [0.05, 0.1) is 22.2 Å². The molecule has 0 atom stereocenters. The Morgan fingerprint density at radius 1 is 0.600 bits per heavy atom. The van der Waals surface area contributed by atoms with E-state index in [1.54, 1.807) is 0 Å². The van der Waals surface area contributed by atoms with Gasteiger partial charge in [0.1, 0.15) is 5.82 Å². The Morgan fingerprint density at radius 2 is 1.40 bits per heavy atom. The van der Waals surface area contributed by atoms with E-state index in [2.05, 4.69) is 137 Å². The van der Waals surface area contributed by atoms with Gasteiger partial charge in [-0.15, -0.1) is 11.3 Å². The van der Waals surface area contributed by atoms with Gasteiger partial charge in [-0.05, 0) is 85.8 Å². The zero-order chi connectivity index (χ0) is 29.5. The normalized spacial score (nSPS) is 14.1. The summed E-state index contributed by atoms with van der Waals surface area (Å²) in [5.41, 5.74) is 11.1. The van der Waals surface area contributed by atoms with Crippen LogP contribution in [0, 0.1) is 0 Å². The van der Waals surface area contributed by atoms with Gasteiger partial charge in [-0.3, -0.25) is 4.57 Å². The van der Waals surface area contributed by atoms with Crippen molar-refractivity contribution in [3.63, 3.8) is 0 Å². The van der Waals surface area contributed by atoms with E-state index in [9.17, 15) is 0 Å². The van der Waals surface area contributed by atoms with Crippen molar-refractivity contribution in [3.05, 3.63) is 137 Å². The van der Waals surface area contributed by atoms with Gasteiger partial charge < -0.3 is 4.57 Å². The van der Waals surface area contributed by atoms with Crippen molar-refractivity contribution in [2.75, 3.05) is 0 Å². The number of hydrogen-bond donors (Lipinski definition) is 0. The maximum Gasteiger partial charge on any atom is 0.138 e. The van der Waals surface area contributed by atoms with Gasteiger partial charge >= 0.3 is 0 Å². The van der Waals surface area contributed by atoms with Gasteiger partial charge in [-0.25, -0.2) is 4.98 Å². The zero-order valence-corrected chi connectivity index (χ0v) is 25.5. The Morgan fingerprint density at radius 3 is 2.31 bits per heavy atom. The topological polar surface area (TPSA) is 22.8 Å². The predicted octanol–water partition coefficient (Wildman–Crippen LogP) is 10.9. The van der Waals surface area contributed by atoms with E-state index in [1.807, 2.05) is 11.3 Å². The van der Waals surface area contributed by atoms with E-state index in [4.69, 9.17) is 4.98 Å². The Kier molecular flexibility index (Phi) is 5.40. The van der Waals surface area contributed by atoms with Crippen LogP contribution in [-0.2, 0) is 12.8 Å². The molecule has 4 aromatic carbocycles. The highest BCUT2D eigenvalue weighted by molar-refractivity contribution is 7.19. The first-order valence-corrected chi connectivity index (χ1v) is 16.7. The van der Waals surface area contributed by atoms with Crippen LogP contribution in [0.2, 0.25) is 0 Å². The van der Waals surface area contributed by atoms with Crippen molar-refractivity contribution in [3.8, 4) is 22.8 Å². The fraction of sp³-hybridized carbons (Fsp3) is 0.0976. The summed E-state index contributed by atoms with van der Waals surface area (Å²) in [7, 11) is 0. The van der Waals surface area contributed by atoms with Gasteiger partial charge in [0.25, 0.3) is 0 Å². The molecule has 0 unspecified atom stereocenters. The second-order valence-electron chi connectivity index (χ2n) is 12.2. The first kappa shape index (κ1) is 25.2. The summed E-state index contributed by atoms with van der Waals surface area (Å²) in [6.07, 6.45) is 13.6. The Bertz CT molecular complexity index is 2540. The van der Waals surface area contributed by atoms with Crippen LogP contribution in [0.3, 0.4) is 0 Å². The van der Waals surface area contributed by atoms with Crippen LogP contribution < -0.4 is 0 Å². The monoisotopic (exact) mass is 595 g/mol. The molecule has 8 aromatic rings. The van der Waals surface area contributed by atoms with E-state index in [0.717, 1.165) is 37.2 Å². The molecule has 3 nitrogen and oxygen atoms in total. The average Bonchev–Trinajstić information content (AvgIpc) is 3.76. The molecule has 2 aliphatic carbocycles. The lowest BCUT2D eigenvalue weighted by molar-refractivity contribution is 0.872. The van der Waals surface area contributed by atoms with Crippen molar-refractivity contribution in [2.24, 2.45) is 0 Å². The number of aromatic nitrogens is 3. The lowest BCUT2D eigenvalue weighted by Crippen LogP contribution is -2.05. The number of para-hydroxylation sites is 2. The van der Waals surface area contributed by atoms with Crippen molar-refractivity contribution in [1.29, 1.82) is 0 Å². The smallest absolute Gasteiger partial charge is 0.138 e. The SMILES string of the molecule is C1=Cc2c(sc3ccc(-c4cccc(-n5c6c(c7c8c9ccccc9n(-c9ccccc9)c8ccc75)C=CCC6)n4)cc23)CC1. The molecular formula is C41H29N3S. The van der Waals surface area contributed by atoms with Gasteiger partial charge in [0, 0.05) is 53.6 Å². The molecule has 4 aromatic heterocycles. The van der Waals surface area contributed by atoms with Crippen LogP contribution >= 0.6 is 11.3 Å². The molecule has 0 fully saturated rings. The Balaban J connectivity index is 1.22. The largest absolute Gasteiger partial charge is 0.309 e. The van der Waals surface area contributed by atoms with Crippen molar-refractivity contribution in [1.82, 2.24) is 14.1 Å². The molecule has 0 radical (unpaired) electrons. The third-order valence-electron chi connectivity index (χ3n) is 9.64. The summed E-state index contributed by atoms with van der Waals surface area (Å²) < 4.78 is 6.20. The first-order chi connectivity index (χ1) is 22.3. The number of nitrogens with zero attached hydrogens (tertiary/aromatic N) is 3. The minimum atomic E-state index is 0.979. The van der Waals surface area contributed by atoms with E-state index in [1.165, 1.54) is 75.7 Å². The van der Waals surface area contributed by atoms with Crippen LogP contribution in [0.15, 0.2) is 115 Å². The highest BCUT2D eigenvalue weighted by atomic mass is 32.1. The van der Waals surface area contributed by atoms with Crippen LogP contribution in [0.5, 0.6) is 0 Å². The molecular weight excluding hydrogens is 567 g/mol. The van der Waals surface area contributed by atoms with Crippen molar-refractivity contribution in [2.45, 2.75) is 25.7 Å².